The predicted octanol–water partition coefficient (Wildman–Crippen LogP) is 2.30. The van der Waals surface area contributed by atoms with E-state index in [4.69, 9.17) is 9.15 Å². The fourth-order valence-corrected chi connectivity index (χ4v) is 6.36. The summed E-state index contributed by atoms with van der Waals surface area (Å²) in [5, 5.41) is 0. The van der Waals surface area contributed by atoms with Gasteiger partial charge in [-0.2, -0.15) is 17.0 Å². The SMILES string of the molecule is O=S(=O)(N1CCC[C@@H]1c1ccco1)N1CCCO[C@H]2CCC[C@H]21. The second-order valence-corrected chi connectivity index (χ2v) is 8.50. The van der Waals surface area contributed by atoms with Gasteiger partial charge in [-0.15, -0.1) is 0 Å². The van der Waals surface area contributed by atoms with Crippen LogP contribution in [-0.4, -0.2) is 48.9 Å². The molecule has 0 unspecified atom stereocenters. The van der Waals surface area contributed by atoms with E-state index in [-0.39, 0.29) is 18.2 Å². The summed E-state index contributed by atoms with van der Waals surface area (Å²) in [6.07, 6.45) is 7.08. The van der Waals surface area contributed by atoms with Gasteiger partial charge in [0.2, 0.25) is 0 Å². The van der Waals surface area contributed by atoms with E-state index in [0.717, 1.165) is 44.3 Å². The molecular weight excluding hydrogens is 316 g/mol. The van der Waals surface area contributed by atoms with Crippen LogP contribution in [0.1, 0.15) is 50.3 Å². The maximum Gasteiger partial charge on any atom is 0.282 e. The molecule has 3 fully saturated rings. The molecule has 0 radical (unpaired) electrons. The molecule has 0 spiro atoms. The van der Waals surface area contributed by atoms with Crippen LogP contribution in [0.25, 0.3) is 0 Å². The molecule has 1 aliphatic carbocycles. The van der Waals surface area contributed by atoms with Gasteiger partial charge in [0.05, 0.1) is 24.5 Å². The Morgan fingerprint density at radius 2 is 1.91 bits per heavy atom. The Bertz CT molecular complexity index is 631. The number of hydrogen-bond donors (Lipinski definition) is 0. The van der Waals surface area contributed by atoms with Crippen LogP contribution in [0.15, 0.2) is 22.8 Å². The van der Waals surface area contributed by atoms with Crippen LogP contribution in [0.3, 0.4) is 0 Å². The lowest BCUT2D eigenvalue weighted by Crippen LogP contribution is -2.50. The highest BCUT2D eigenvalue weighted by Crippen LogP contribution is 2.38. The third kappa shape index (κ3) is 2.73. The van der Waals surface area contributed by atoms with Crippen LogP contribution < -0.4 is 0 Å². The Morgan fingerprint density at radius 1 is 1.04 bits per heavy atom. The Kier molecular flexibility index (Phi) is 4.21. The largest absolute Gasteiger partial charge is 0.468 e. The molecule has 7 heteroatoms. The van der Waals surface area contributed by atoms with Crippen molar-refractivity contribution >= 4 is 10.2 Å². The molecule has 128 valence electrons. The monoisotopic (exact) mass is 340 g/mol. The minimum atomic E-state index is -3.49. The van der Waals surface area contributed by atoms with Gasteiger partial charge in [-0.1, -0.05) is 0 Å². The van der Waals surface area contributed by atoms with Gasteiger partial charge in [0.25, 0.3) is 10.2 Å². The van der Waals surface area contributed by atoms with E-state index in [1.54, 1.807) is 14.9 Å². The van der Waals surface area contributed by atoms with Crippen molar-refractivity contribution in [2.24, 2.45) is 0 Å². The normalized spacial score (nSPS) is 33.7. The average Bonchev–Trinajstić information content (AvgIpc) is 3.26. The summed E-state index contributed by atoms with van der Waals surface area (Å²) in [4.78, 5) is 0. The van der Waals surface area contributed by atoms with E-state index in [2.05, 4.69) is 0 Å². The molecule has 0 amide bonds. The van der Waals surface area contributed by atoms with Crippen molar-refractivity contribution < 1.29 is 17.6 Å². The Hall–Kier alpha value is -0.890. The first-order valence-corrected chi connectivity index (χ1v) is 10.0. The molecule has 3 heterocycles. The van der Waals surface area contributed by atoms with Gasteiger partial charge in [-0.25, -0.2) is 0 Å². The van der Waals surface area contributed by atoms with Crippen LogP contribution in [-0.2, 0) is 14.9 Å². The lowest BCUT2D eigenvalue weighted by Gasteiger charge is -2.34. The first-order valence-electron chi connectivity index (χ1n) is 8.61. The molecule has 0 bridgehead atoms. The van der Waals surface area contributed by atoms with E-state index >= 15 is 0 Å². The number of fused-ring (bicyclic) bond motifs is 1. The van der Waals surface area contributed by atoms with Crippen molar-refractivity contribution in [2.75, 3.05) is 19.7 Å². The van der Waals surface area contributed by atoms with Gasteiger partial charge < -0.3 is 9.15 Å². The number of nitrogens with zero attached hydrogens (tertiary/aromatic N) is 2. The molecular formula is C16H24N2O4S. The van der Waals surface area contributed by atoms with Crippen molar-refractivity contribution in [3.8, 4) is 0 Å². The van der Waals surface area contributed by atoms with Crippen LogP contribution in [0, 0.1) is 0 Å². The third-order valence-corrected chi connectivity index (χ3v) is 7.39. The third-order valence-electron chi connectivity index (χ3n) is 5.31. The lowest BCUT2D eigenvalue weighted by atomic mass is 10.2. The fourth-order valence-electron chi connectivity index (χ4n) is 4.25. The molecule has 0 aromatic carbocycles. The number of ether oxygens (including phenoxy) is 1. The maximum absolute atomic E-state index is 13.3. The smallest absolute Gasteiger partial charge is 0.282 e. The quantitative estimate of drug-likeness (QED) is 0.847. The van der Waals surface area contributed by atoms with E-state index in [1.807, 2.05) is 12.1 Å². The molecule has 23 heavy (non-hydrogen) atoms. The predicted molar refractivity (Wildman–Crippen MR) is 85.0 cm³/mol. The molecule has 1 aromatic rings. The number of rotatable bonds is 3. The zero-order valence-corrected chi connectivity index (χ0v) is 14.1. The standard InChI is InChI=1S/C16H24N2O4S/c19-23(20,17-9-2-6-14(17)16-8-3-11-21-16)18-10-4-12-22-15-7-1-5-13(15)18/h3,8,11,13-15H,1-2,4-7,9-10,12H2/t13-,14-,15+/m1/s1. The van der Waals surface area contributed by atoms with Crippen molar-refractivity contribution in [3.05, 3.63) is 24.2 Å². The summed E-state index contributed by atoms with van der Waals surface area (Å²) in [6.45, 7) is 1.79. The van der Waals surface area contributed by atoms with Gasteiger partial charge in [-0.05, 0) is 50.7 Å². The van der Waals surface area contributed by atoms with Gasteiger partial charge in [0.15, 0.2) is 0 Å². The molecule has 3 atom stereocenters. The highest BCUT2D eigenvalue weighted by atomic mass is 32.2. The van der Waals surface area contributed by atoms with Gasteiger partial charge in [0.1, 0.15) is 5.76 Å². The summed E-state index contributed by atoms with van der Waals surface area (Å²) in [7, 11) is -3.49. The van der Waals surface area contributed by atoms with E-state index < -0.39 is 10.2 Å². The summed E-state index contributed by atoms with van der Waals surface area (Å²) in [6, 6.07) is 3.53. The van der Waals surface area contributed by atoms with Crippen molar-refractivity contribution in [3.63, 3.8) is 0 Å². The van der Waals surface area contributed by atoms with Crippen molar-refractivity contribution in [1.82, 2.24) is 8.61 Å². The highest BCUT2D eigenvalue weighted by Gasteiger charge is 2.46. The minimum Gasteiger partial charge on any atom is -0.468 e. The molecule has 6 nitrogen and oxygen atoms in total. The fraction of sp³-hybridized carbons (Fsp3) is 0.750. The number of furan rings is 1. The van der Waals surface area contributed by atoms with Crippen molar-refractivity contribution in [1.29, 1.82) is 0 Å². The second-order valence-electron chi connectivity index (χ2n) is 6.66. The Morgan fingerprint density at radius 3 is 2.74 bits per heavy atom. The van der Waals surface area contributed by atoms with Crippen molar-refractivity contribution in [2.45, 2.75) is 56.7 Å². The molecule has 3 aliphatic rings. The van der Waals surface area contributed by atoms with Gasteiger partial charge in [-0.3, -0.25) is 0 Å². The molecule has 1 aromatic heterocycles. The number of hydrogen-bond acceptors (Lipinski definition) is 4. The topological polar surface area (TPSA) is 63.0 Å². The van der Waals surface area contributed by atoms with E-state index in [0.29, 0.717) is 19.7 Å². The summed E-state index contributed by atoms with van der Waals surface area (Å²) >= 11 is 0. The van der Waals surface area contributed by atoms with Crippen LogP contribution in [0.2, 0.25) is 0 Å². The lowest BCUT2D eigenvalue weighted by molar-refractivity contribution is 0.0457. The molecule has 1 saturated carbocycles. The average molecular weight is 340 g/mol. The Balaban J connectivity index is 1.63. The van der Waals surface area contributed by atoms with Crippen LogP contribution in [0.4, 0.5) is 0 Å². The maximum atomic E-state index is 13.3. The first-order chi connectivity index (χ1) is 11.2. The summed E-state index contributed by atoms with van der Waals surface area (Å²) < 4.78 is 41.4. The minimum absolute atomic E-state index is 0.000325. The van der Waals surface area contributed by atoms with E-state index in [1.165, 1.54) is 0 Å². The second kappa shape index (κ2) is 6.20. The molecule has 2 aliphatic heterocycles. The highest BCUT2D eigenvalue weighted by molar-refractivity contribution is 7.86. The first kappa shape index (κ1) is 15.6. The van der Waals surface area contributed by atoms with E-state index in [9.17, 15) is 8.42 Å². The van der Waals surface area contributed by atoms with Gasteiger partial charge >= 0.3 is 0 Å². The zero-order chi connectivity index (χ0) is 15.9. The van der Waals surface area contributed by atoms with Crippen LogP contribution >= 0.6 is 0 Å². The molecule has 0 N–H and O–H groups in total. The van der Waals surface area contributed by atoms with Gasteiger partial charge in [0, 0.05) is 19.7 Å². The summed E-state index contributed by atoms with van der Waals surface area (Å²) in [5.74, 6) is 0.750. The summed E-state index contributed by atoms with van der Waals surface area (Å²) in [5.41, 5.74) is 0. The Labute approximate surface area is 137 Å². The zero-order valence-electron chi connectivity index (χ0n) is 13.3. The molecule has 4 rings (SSSR count). The van der Waals surface area contributed by atoms with Crippen LogP contribution in [0.5, 0.6) is 0 Å². The molecule has 2 saturated heterocycles.